The lowest BCUT2D eigenvalue weighted by Crippen LogP contribution is -2.07. The van der Waals surface area contributed by atoms with Crippen LogP contribution in [0, 0.1) is 0 Å². The van der Waals surface area contributed by atoms with E-state index in [0.717, 1.165) is 21.2 Å². The van der Waals surface area contributed by atoms with Crippen LogP contribution >= 0.6 is 15.9 Å². The lowest BCUT2D eigenvalue weighted by atomic mass is 10.3. The van der Waals surface area contributed by atoms with Gasteiger partial charge in [-0.3, -0.25) is 15.8 Å². The van der Waals surface area contributed by atoms with Gasteiger partial charge in [0.15, 0.2) is 0 Å². The van der Waals surface area contributed by atoms with Crippen LogP contribution in [0.3, 0.4) is 0 Å². The zero-order valence-electron chi connectivity index (χ0n) is 6.66. The van der Waals surface area contributed by atoms with Gasteiger partial charge in [-0.15, -0.1) is 0 Å². The fourth-order valence-corrected chi connectivity index (χ4v) is 1.44. The minimum Gasteiger partial charge on any atom is -0.322 e. The Balaban J connectivity index is 2.77. The number of pyridine rings is 2. The summed E-state index contributed by atoms with van der Waals surface area (Å²) in [7, 11) is 0. The van der Waals surface area contributed by atoms with Crippen LogP contribution in [0.25, 0.3) is 11.0 Å². The molecule has 13 heavy (non-hydrogen) atoms. The van der Waals surface area contributed by atoms with Crippen molar-refractivity contribution < 1.29 is 0 Å². The zero-order chi connectivity index (χ0) is 9.26. The average Bonchev–Trinajstić information content (AvgIpc) is 2.16. The molecule has 0 fully saturated rings. The van der Waals surface area contributed by atoms with Gasteiger partial charge < -0.3 is 5.43 Å². The van der Waals surface area contributed by atoms with Gasteiger partial charge in [0, 0.05) is 16.9 Å². The van der Waals surface area contributed by atoms with Gasteiger partial charge in [-0.25, -0.2) is 0 Å². The van der Waals surface area contributed by atoms with E-state index in [-0.39, 0.29) is 0 Å². The molecule has 2 rings (SSSR count). The SMILES string of the molecule is NNc1ccnc2cc(Br)cnc12. The lowest BCUT2D eigenvalue weighted by Gasteiger charge is -2.03. The van der Waals surface area contributed by atoms with Gasteiger partial charge in [0.05, 0.1) is 11.2 Å². The maximum Gasteiger partial charge on any atom is 0.113 e. The Morgan fingerprint density at radius 2 is 2.23 bits per heavy atom. The number of anilines is 1. The molecule has 0 unspecified atom stereocenters. The molecule has 0 bridgehead atoms. The molecule has 0 saturated carbocycles. The van der Waals surface area contributed by atoms with Gasteiger partial charge in [0.1, 0.15) is 5.52 Å². The summed E-state index contributed by atoms with van der Waals surface area (Å²) in [5.74, 6) is 5.32. The second-order valence-electron chi connectivity index (χ2n) is 2.52. The van der Waals surface area contributed by atoms with E-state index in [0.29, 0.717) is 0 Å². The maximum atomic E-state index is 5.32. The number of hydrogen-bond acceptors (Lipinski definition) is 4. The van der Waals surface area contributed by atoms with E-state index in [1.807, 2.05) is 6.07 Å². The Bertz CT molecular complexity index is 443. The smallest absolute Gasteiger partial charge is 0.113 e. The Morgan fingerprint density at radius 3 is 3.00 bits per heavy atom. The molecule has 0 atom stereocenters. The fraction of sp³-hybridized carbons (Fsp3) is 0. The molecule has 3 N–H and O–H groups in total. The maximum absolute atomic E-state index is 5.32. The van der Waals surface area contributed by atoms with Crippen molar-refractivity contribution >= 4 is 32.7 Å². The highest BCUT2D eigenvalue weighted by molar-refractivity contribution is 9.10. The minimum atomic E-state index is 0.771. The van der Waals surface area contributed by atoms with E-state index >= 15 is 0 Å². The van der Waals surface area contributed by atoms with Crippen LogP contribution in [-0.2, 0) is 0 Å². The zero-order valence-corrected chi connectivity index (χ0v) is 8.25. The molecule has 0 aromatic carbocycles. The van der Waals surface area contributed by atoms with Crippen molar-refractivity contribution in [2.45, 2.75) is 0 Å². The number of nitrogens with one attached hydrogen (secondary N) is 1. The third-order valence-corrected chi connectivity index (χ3v) is 2.13. The highest BCUT2D eigenvalue weighted by Crippen LogP contribution is 2.20. The first-order valence-corrected chi connectivity index (χ1v) is 4.47. The number of hydrogen-bond donors (Lipinski definition) is 2. The molecule has 0 aliphatic heterocycles. The van der Waals surface area contributed by atoms with Gasteiger partial charge in [-0.05, 0) is 28.1 Å². The van der Waals surface area contributed by atoms with E-state index in [2.05, 4.69) is 31.3 Å². The number of nitrogens with two attached hydrogens (primary N) is 1. The Hall–Kier alpha value is -1.20. The number of fused-ring (bicyclic) bond motifs is 1. The number of hydrazine groups is 1. The van der Waals surface area contributed by atoms with Crippen molar-refractivity contribution in [3.63, 3.8) is 0 Å². The van der Waals surface area contributed by atoms with Gasteiger partial charge in [-0.1, -0.05) is 0 Å². The number of rotatable bonds is 1. The summed E-state index contributed by atoms with van der Waals surface area (Å²) in [6.45, 7) is 0. The van der Waals surface area contributed by atoms with Crippen LogP contribution < -0.4 is 11.3 Å². The molecular weight excluding hydrogens is 232 g/mol. The Kier molecular flexibility index (Phi) is 2.12. The molecule has 2 heterocycles. The monoisotopic (exact) mass is 238 g/mol. The first-order valence-electron chi connectivity index (χ1n) is 3.68. The van der Waals surface area contributed by atoms with Crippen molar-refractivity contribution in [3.05, 3.63) is 29.0 Å². The normalized spacial score (nSPS) is 10.3. The van der Waals surface area contributed by atoms with E-state index < -0.39 is 0 Å². The summed E-state index contributed by atoms with van der Waals surface area (Å²) in [6.07, 6.45) is 3.40. The third kappa shape index (κ3) is 1.48. The highest BCUT2D eigenvalue weighted by atomic mass is 79.9. The van der Waals surface area contributed by atoms with Crippen LogP contribution in [0.4, 0.5) is 5.69 Å². The van der Waals surface area contributed by atoms with E-state index in [9.17, 15) is 0 Å². The standard InChI is InChI=1S/C8H7BrN4/c9-5-3-7-8(12-4-5)6(13-10)1-2-11-7/h1-4H,10H2,(H,11,13). The average molecular weight is 239 g/mol. The molecule has 2 aromatic rings. The molecule has 0 aliphatic rings. The third-order valence-electron chi connectivity index (χ3n) is 1.70. The fourth-order valence-electron chi connectivity index (χ4n) is 1.12. The van der Waals surface area contributed by atoms with E-state index in [1.54, 1.807) is 18.5 Å². The predicted octanol–water partition coefficient (Wildman–Crippen LogP) is 1.68. The number of aromatic nitrogens is 2. The molecular formula is C8H7BrN4. The van der Waals surface area contributed by atoms with Crippen molar-refractivity contribution in [2.24, 2.45) is 5.84 Å². The summed E-state index contributed by atoms with van der Waals surface area (Å²) in [5, 5.41) is 0. The van der Waals surface area contributed by atoms with Crippen molar-refractivity contribution in [1.82, 2.24) is 9.97 Å². The molecule has 2 aromatic heterocycles. The Labute approximate surface area is 83.3 Å². The van der Waals surface area contributed by atoms with Crippen LogP contribution in [0.2, 0.25) is 0 Å². The van der Waals surface area contributed by atoms with Crippen molar-refractivity contribution in [1.29, 1.82) is 0 Å². The molecule has 0 radical (unpaired) electrons. The predicted molar refractivity (Wildman–Crippen MR) is 55.0 cm³/mol. The topological polar surface area (TPSA) is 63.8 Å². The summed E-state index contributed by atoms with van der Waals surface area (Å²) < 4.78 is 0.904. The Morgan fingerprint density at radius 1 is 1.38 bits per heavy atom. The largest absolute Gasteiger partial charge is 0.322 e. The molecule has 0 amide bonds. The molecule has 0 aliphatic carbocycles. The van der Waals surface area contributed by atoms with Gasteiger partial charge in [-0.2, -0.15) is 0 Å². The first kappa shape index (κ1) is 8.40. The number of nitrogens with zero attached hydrogens (tertiary/aromatic N) is 2. The second-order valence-corrected chi connectivity index (χ2v) is 3.44. The van der Waals surface area contributed by atoms with Crippen LogP contribution in [-0.4, -0.2) is 9.97 Å². The van der Waals surface area contributed by atoms with Gasteiger partial charge in [0.2, 0.25) is 0 Å². The summed E-state index contributed by atoms with van der Waals surface area (Å²) in [5.41, 5.74) is 4.93. The first-order chi connectivity index (χ1) is 6.31. The van der Waals surface area contributed by atoms with E-state index in [4.69, 9.17) is 5.84 Å². The number of nitrogen functional groups attached to an aromatic ring is 1. The molecule has 66 valence electrons. The summed E-state index contributed by atoms with van der Waals surface area (Å²) >= 11 is 3.32. The lowest BCUT2D eigenvalue weighted by molar-refractivity contribution is 1.28. The van der Waals surface area contributed by atoms with Crippen LogP contribution in [0.1, 0.15) is 0 Å². The highest BCUT2D eigenvalue weighted by Gasteiger charge is 2.01. The molecule has 4 nitrogen and oxygen atoms in total. The van der Waals surface area contributed by atoms with Crippen LogP contribution in [0.15, 0.2) is 29.0 Å². The van der Waals surface area contributed by atoms with Gasteiger partial charge >= 0.3 is 0 Å². The quantitative estimate of drug-likeness (QED) is 0.587. The molecule has 0 saturated heterocycles. The van der Waals surface area contributed by atoms with Crippen molar-refractivity contribution in [2.75, 3.05) is 5.43 Å². The summed E-state index contributed by atoms with van der Waals surface area (Å²) in [4.78, 5) is 8.36. The summed E-state index contributed by atoms with van der Waals surface area (Å²) in [6, 6.07) is 3.67. The molecule has 0 spiro atoms. The van der Waals surface area contributed by atoms with Gasteiger partial charge in [0.25, 0.3) is 0 Å². The van der Waals surface area contributed by atoms with Crippen molar-refractivity contribution in [3.8, 4) is 0 Å². The second kappa shape index (κ2) is 3.27. The van der Waals surface area contributed by atoms with E-state index in [1.165, 1.54) is 0 Å². The number of halogens is 1. The molecule has 5 heteroatoms. The minimum absolute atomic E-state index is 0.771. The van der Waals surface area contributed by atoms with Crippen LogP contribution in [0.5, 0.6) is 0 Å².